The summed E-state index contributed by atoms with van der Waals surface area (Å²) in [5, 5.41) is 17.1. The number of nitriles is 1. The monoisotopic (exact) mass is 237 g/mol. The lowest BCUT2D eigenvalue weighted by atomic mass is 10.2. The number of ether oxygens (including phenoxy) is 1. The average molecular weight is 237 g/mol. The SMILES string of the molecule is N#CCCCCOc1cccc(F)c1C(=O)O. The zero-order valence-corrected chi connectivity index (χ0v) is 9.15. The van der Waals surface area contributed by atoms with Gasteiger partial charge in [0.1, 0.15) is 17.1 Å². The summed E-state index contributed by atoms with van der Waals surface area (Å²) < 4.78 is 18.4. The predicted octanol–water partition coefficient (Wildman–Crippen LogP) is 2.60. The van der Waals surface area contributed by atoms with Crippen molar-refractivity contribution in [3.05, 3.63) is 29.6 Å². The molecule has 4 nitrogen and oxygen atoms in total. The highest BCUT2D eigenvalue weighted by Gasteiger charge is 2.16. The predicted molar refractivity (Wildman–Crippen MR) is 58.3 cm³/mol. The lowest BCUT2D eigenvalue weighted by Gasteiger charge is -2.08. The highest BCUT2D eigenvalue weighted by molar-refractivity contribution is 5.91. The standard InChI is InChI=1S/C12H12FNO3/c13-9-5-4-6-10(11(9)12(15)16)17-8-3-1-2-7-14/h4-6H,1-3,8H2,(H,15,16). The van der Waals surface area contributed by atoms with Crippen LogP contribution in [-0.2, 0) is 0 Å². The van der Waals surface area contributed by atoms with Gasteiger partial charge in [-0.05, 0) is 25.0 Å². The lowest BCUT2D eigenvalue weighted by Crippen LogP contribution is -2.06. The summed E-state index contributed by atoms with van der Waals surface area (Å²) in [5.74, 6) is -2.14. The summed E-state index contributed by atoms with van der Waals surface area (Å²) >= 11 is 0. The molecule has 0 amide bonds. The van der Waals surface area contributed by atoms with Gasteiger partial charge in [-0.2, -0.15) is 5.26 Å². The van der Waals surface area contributed by atoms with Crippen molar-refractivity contribution in [3.8, 4) is 11.8 Å². The van der Waals surface area contributed by atoms with Crippen molar-refractivity contribution < 1.29 is 19.0 Å². The molecular formula is C12H12FNO3. The van der Waals surface area contributed by atoms with Crippen LogP contribution in [0.15, 0.2) is 18.2 Å². The second-order valence-corrected chi connectivity index (χ2v) is 3.38. The third kappa shape index (κ3) is 3.76. The first-order valence-electron chi connectivity index (χ1n) is 5.18. The Morgan fingerprint density at radius 3 is 2.88 bits per heavy atom. The summed E-state index contributed by atoms with van der Waals surface area (Å²) in [6.07, 6.45) is 1.73. The second kappa shape index (κ2) is 6.48. The first-order chi connectivity index (χ1) is 8.16. The summed E-state index contributed by atoms with van der Waals surface area (Å²) in [7, 11) is 0. The minimum absolute atomic E-state index is 0.0226. The van der Waals surface area contributed by atoms with Crippen LogP contribution >= 0.6 is 0 Å². The molecular weight excluding hydrogens is 225 g/mol. The van der Waals surface area contributed by atoms with E-state index in [1.807, 2.05) is 6.07 Å². The molecule has 0 aromatic heterocycles. The maximum atomic E-state index is 13.2. The van der Waals surface area contributed by atoms with Gasteiger partial charge in [0.05, 0.1) is 12.7 Å². The Morgan fingerprint density at radius 1 is 1.47 bits per heavy atom. The van der Waals surface area contributed by atoms with Gasteiger partial charge in [0.15, 0.2) is 0 Å². The summed E-state index contributed by atoms with van der Waals surface area (Å²) in [6.45, 7) is 0.269. The van der Waals surface area contributed by atoms with E-state index in [-0.39, 0.29) is 12.4 Å². The summed E-state index contributed by atoms with van der Waals surface area (Å²) in [4.78, 5) is 10.8. The van der Waals surface area contributed by atoms with Crippen molar-refractivity contribution in [2.75, 3.05) is 6.61 Å². The van der Waals surface area contributed by atoms with E-state index < -0.39 is 17.3 Å². The molecule has 0 heterocycles. The van der Waals surface area contributed by atoms with Gasteiger partial charge in [-0.15, -0.1) is 0 Å². The molecule has 0 radical (unpaired) electrons. The van der Waals surface area contributed by atoms with Crippen LogP contribution < -0.4 is 4.74 Å². The number of halogens is 1. The van der Waals surface area contributed by atoms with E-state index >= 15 is 0 Å². The van der Waals surface area contributed by atoms with E-state index in [9.17, 15) is 9.18 Å². The van der Waals surface area contributed by atoms with Crippen molar-refractivity contribution in [2.45, 2.75) is 19.3 Å². The van der Waals surface area contributed by atoms with E-state index in [4.69, 9.17) is 15.1 Å². The number of carboxylic acids is 1. The minimum Gasteiger partial charge on any atom is -0.493 e. The Morgan fingerprint density at radius 2 is 2.24 bits per heavy atom. The van der Waals surface area contributed by atoms with Crippen molar-refractivity contribution in [1.29, 1.82) is 5.26 Å². The number of carboxylic acid groups (broad SMARTS) is 1. The number of carbonyl (C=O) groups is 1. The highest BCUT2D eigenvalue weighted by atomic mass is 19.1. The topological polar surface area (TPSA) is 70.3 Å². The Hall–Kier alpha value is -2.09. The average Bonchev–Trinajstić information content (AvgIpc) is 2.28. The van der Waals surface area contributed by atoms with Crippen LogP contribution in [0.5, 0.6) is 5.75 Å². The fourth-order valence-corrected chi connectivity index (χ4v) is 1.32. The molecule has 0 fully saturated rings. The first kappa shape index (κ1) is 13.0. The van der Waals surface area contributed by atoms with Crippen LogP contribution in [0.2, 0.25) is 0 Å². The van der Waals surface area contributed by atoms with E-state index in [0.717, 1.165) is 6.07 Å². The van der Waals surface area contributed by atoms with Crippen LogP contribution in [0.25, 0.3) is 0 Å². The maximum Gasteiger partial charge on any atom is 0.342 e. The van der Waals surface area contributed by atoms with E-state index in [1.54, 1.807) is 0 Å². The zero-order valence-electron chi connectivity index (χ0n) is 9.15. The smallest absolute Gasteiger partial charge is 0.342 e. The molecule has 90 valence electrons. The van der Waals surface area contributed by atoms with Gasteiger partial charge in [-0.3, -0.25) is 0 Å². The maximum absolute atomic E-state index is 13.2. The molecule has 0 saturated heterocycles. The molecule has 0 aliphatic heterocycles. The molecule has 0 spiro atoms. The minimum atomic E-state index is -1.35. The highest BCUT2D eigenvalue weighted by Crippen LogP contribution is 2.21. The van der Waals surface area contributed by atoms with Gasteiger partial charge in [0, 0.05) is 6.42 Å². The van der Waals surface area contributed by atoms with Gasteiger partial charge in [-0.25, -0.2) is 9.18 Å². The second-order valence-electron chi connectivity index (χ2n) is 3.38. The zero-order chi connectivity index (χ0) is 12.7. The van der Waals surface area contributed by atoms with Crippen molar-refractivity contribution in [3.63, 3.8) is 0 Å². The lowest BCUT2D eigenvalue weighted by molar-refractivity contribution is 0.0687. The van der Waals surface area contributed by atoms with Gasteiger partial charge < -0.3 is 9.84 Å². The van der Waals surface area contributed by atoms with Crippen LogP contribution in [0.3, 0.4) is 0 Å². The fraction of sp³-hybridized carbons (Fsp3) is 0.333. The largest absolute Gasteiger partial charge is 0.493 e. The number of aromatic carboxylic acids is 1. The number of rotatable bonds is 6. The van der Waals surface area contributed by atoms with Gasteiger partial charge in [-0.1, -0.05) is 6.07 Å². The third-order valence-corrected chi connectivity index (χ3v) is 2.13. The molecule has 5 heteroatoms. The molecule has 1 aromatic rings. The number of unbranched alkanes of at least 4 members (excludes halogenated alkanes) is 2. The quantitative estimate of drug-likeness (QED) is 0.772. The molecule has 1 N–H and O–H groups in total. The molecule has 1 aromatic carbocycles. The molecule has 0 bridgehead atoms. The molecule has 0 atom stereocenters. The molecule has 0 aliphatic carbocycles. The van der Waals surface area contributed by atoms with Crippen molar-refractivity contribution in [2.24, 2.45) is 0 Å². The molecule has 1 rings (SSSR count). The number of nitrogens with zero attached hydrogens (tertiary/aromatic N) is 1. The van der Waals surface area contributed by atoms with Crippen molar-refractivity contribution in [1.82, 2.24) is 0 Å². The molecule has 0 unspecified atom stereocenters. The van der Waals surface area contributed by atoms with E-state index in [0.29, 0.717) is 19.3 Å². The van der Waals surface area contributed by atoms with Crippen LogP contribution in [0, 0.1) is 17.1 Å². The van der Waals surface area contributed by atoms with E-state index in [2.05, 4.69) is 0 Å². The molecule has 0 aliphatic rings. The summed E-state index contributed by atoms with van der Waals surface area (Å²) in [6, 6.07) is 5.88. The third-order valence-electron chi connectivity index (χ3n) is 2.13. The van der Waals surface area contributed by atoms with Crippen LogP contribution in [0.1, 0.15) is 29.6 Å². The summed E-state index contributed by atoms with van der Waals surface area (Å²) in [5.41, 5.74) is -0.451. The van der Waals surface area contributed by atoms with Crippen LogP contribution in [-0.4, -0.2) is 17.7 Å². The Kier molecular flexibility index (Phi) is 4.95. The Bertz CT molecular complexity index is 440. The Balaban J connectivity index is 2.62. The first-order valence-corrected chi connectivity index (χ1v) is 5.18. The number of hydrogen-bond donors (Lipinski definition) is 1. The van der Waals surface area contributed by atoms with Gasteiger partial charge in [0.25, 0.3) is 0 Å². The number of benzene rings is 1. The van der Waals surface area contributed by atoms with Gasteiger partial charge >= 0.3 is 5.97 Å². The molecule has 0 saturated carbocycles. The van der Waals surface area contributed by atoms with Crippen molar-refractivity contribution >= 4 is 5.97 Å². The Labute approximate surface area is 98.2 Å². The van der Waals surface area contributed by atoms with Gasteiger partial charge in [0.2, 0.25) is 0 Å². The fourth-order valence-electron chi connectivity index (χ4n) is 1.32. The van der Waals surface area contributed by atoms with Crippen LogP contribution in [0.4, 0.5) is 4.39 Å². The normalized spacial score (nSPS) is 9.65. The number of hydrogen-bond acceptors (Lipinski definition) is 3. The molecule has 17 heavy (non-hydrogen) atoms. The van der Waals surface area contributed by atoms with E-state index in [1.165, 1.54) is 12.1 Å².